The number of nitrogens with zero attached hydrogens (tertiary/aromatic N) is 2. The van der Waals surface area contributed by atoms with Gasteiger partial charge in [0.05, 0.1) is 0 Å². The number of hydrogen-bond acceptors (Lipinski definition) is 2. The molecule has 170 valence electrons. The predicted octanol–water partition coefficient (Wildman–Crippen LogP) is 8.24. The van der Waals surface area contributed by atoms with Crippen LogP contribution in [0.25, 0.3) is 0 Å². The summed E-state index contributed by atoms with van der Waals surface area (Å²) in [6, 6.07) is 13.9. The van der Waals surface area contributed by atoms with Gasteiger partial charge in [-0.3, -0.25) is 0 Å². The molecular weight excluding hydrogens is 376 g/mol. The van der Waals surface area contributed by atoms with Crippen LogP contribution in [0.1, 0.15) is 115 Å². The first-order valence-corrected chi connectivity index (χ1v) is 12.5. The molecule has 1 aliphatic rings. The van der Waals surface area contributed by atoms with E-state index < -0.39 is 0 Å². The van der Waals surface area contributed by atoms with Gasteiger partial charge in [-0.1, -0.05) is 98.7 Å². The van der Waals surface area contributed by atoms with Crippen LogP contribution in [-0.4, -0.2) is 19.3 Å². The molecule has 0 unspecified atom stereocenters. The van der Waals surface area contributed by atoms with Crippen LogP contribution in [-0.2, 0) is 0 Å². The van der Waals surface area contributed by atoms with Crippen LogP contribution >= 0.6 is 0 Å². The molecular formula is C29H44N2. The summed E-state index contributed by atoms with van der Waals surface area (Å²) < 4.78 is 0. The Hall–Kier alpha value is -1.96. The maximum atomic E-state index is 2.73. The molecule has 0 N–H and O–H groups in total. The standard InChI is InChI=1S/C29H44N2/c1-10-27-30(28-23(19(2)3)13-11-14-24(28)20(4)5)17-18-31(27)29-25(21(6)7)15-12-16-26(29)22(8)9/h11-16,19-22,27H,10,17-18H2,1-9H3. The van der Waals surface area contributed by atoms with Gasteiger partial charge in [-0.25, -0.2) is 0 Å². The van der Waals surface area contributed by atoms with Gasteiger partial charge in [-0.05, 0) is 52.3 Å². The molecule has 0 spiro atoms. The van der Waals surface area contributed by atoms with E-state index in [4.69, 9.17) is 0 Å². The summed E-state index contributed by atoms with van der Waals surface area (Å²) in [6.07, 6.45) is 1.52. The first kappa shape index (κ1) is 23.7. The van der Waals surface area contributed by atoms with Crippen molar-refractivity contribution in [1.29, 1.82) is 0 Å². The van der Waals surface area contributed by atoms with E-state index in [1.807, 2.05) is 0 Å². The molecule has 0 amide bonds. The highest BCUT2D eigenvalue weighted by Gasteiger charge is 2.36. The van der Waals surface area contributed by atoms with Gasteiger partial charge in [0.15, 0.2) is 0 Å². The highest BCUT2D eigenvalue weighted by molar-refractivity contribution is 5.69. The largest absolute Gasteiger partial charge is 0.349 e. The average Bonchev–Trinajstić information content (AvgIpc) is 3.15. The zero-order valence-electron chi connectivity index (χ0n) is 21.4. The minimum atomic E-state index is 0.398. The second-order valence-corrected chi connectivity index (χ2v) is 10.5. The lowest BCUT2D eigenvalue weighted by molar-refractivity contribution is 0.630. The first-order chi connectivity index (χ1) is 14.7. The van der Waals surface area contributed by atoms with Gasteiger partial charge in [-0.2, -0.15) is 0 Å². The monoisotopic (exact) mass is 420 g/mol. The highest BCUT2D eigenvalue weighted by Crippen LogP contribution is 2.43. The van der Waals surface area contributed by atoms with Crippen molar-refractivity contribution in [3.05, 3.63) is 58.7 Å². The fraction of sp³-hybridized carbons (Fsp3) is 0.586. The van der Waals surface area contributed by atoms with Crippen molar-refractivity contribution in [2.24, 2.45) is 0 Å². The second kappa shape index (κ2) is 9.67. The summed E-state index contributed by atoms with van der Waals surface area (Å²) in [4.78, 5) is 5.46. The SMILES string of the molecule is CCC1N(c2c(C(C)C)cccc2C(C)C)CCN1c1c(C(C)C)cccc1C(C)C. The molecule has 2 nitrogen and oxygen atoms in total. The zero-order valence-corrected chi connectivity index (χ0v) is 21.4. The normalized spacial score (nSPS) is 15.4. The summed E-state index contributed by atoms with van der Waals surface area (Å²) in [5, 5.41) is 0. The second-order valence-electron chi connectivity index (χ2n) is 10.5. The van der Waals surface area contributed by atoms with E-state index >= 15 is 0 Å². The van der Waals surface area contributed by atoms with Gasteiger partial charge in [-0.15, -0.1) is 0 Å². The van der Waals surface area contributed by atoms with Crippen LogP contribution in [0.5, 0.6) is 0 Å². The molecule has 0 aromatic heterocycles. The Bertz CT molecular complexity index is 754. The van der Waals surface area contributed by atoms with Gasteiger partial charge >= 0.3 is 0 Å². The molecule has 0 saturated carbocycles. The fourth-order valence-electron chi connectivity index (χ4n) is 5.33. The summed E-state index contributed by atoms with van der Waals surface area (Å²) in [7, 11) is 0. The first-order valence-electron chi connectivity index (χ1n) is 12.5. The van der Waals surface area contributed by atoms with Crippen molar-refractivity contribution in [3.8, 4) is 0 Å². The zero-order chi connectivity index (χ0) is 22.9. The van der Waals surface area contributed by atoms with Crippen LogP contribution in [0.2, 0.25) is 0 Å². The molecule has 2 aromatic carbocycles. The highest BCUT2D eigenvalue weighted by atomic mass is 15.4. The molecule has 1 heterocycles. The Morgan fingerprint density at radius 2 is 0.903 bits per heavy atom. The number of rotatable bonds is 7. The third kappa shape index (κ3) is 4.49. The van der Waals surface area contributed by atoms with Crippen LogP contribution in [0, 0.1) is 0 Å². The maximum Gasteiger partial charge on any atom is 0.101 e. The fourth-order valence-corrected chi connectivity index (χ4v) is 5.33. The Morgan fingerprint density at radius 3 is 1.13 bits per heavy atom. The van der Waals surface area contributed by atoms with Gasteiger partial charge in [0, 0.05) is 24.5 Å². The molecule has 2 heteroatoms. The summed E-state index contributed by atoms with van der Waals surface area (Å²) in [6.45, 7) is 23.2. The number of anilines is 2. The summed E-state index contributed by atoms with van der Waals surface area (Å²) >= 11 is 0. The number of hydrogen-bond donors (Lipinski definition) is 0. The molecule has 0 bridgehead atoms. The third-order valence-electron chi connectivity index (χ3n) is 6.93. The predicted molar refractivity (Wildman–Crippen MR) is 138 cm³/mol. The van der Waals surface area contributed by atoms with Crippen molar-refractivity contribution in [2.75, 3.05) is 22.9 Å². The molecule has 0 aliphatic carbocycles. The van der Waals surface area contributed by atoms with Crippen LogP contribution < -0.4 is 9.80 Å². The van der Waals surface area contributed by atoms with Crippen molar-refractivity contribution in [3.63, 3.8) is 0 Å². The van der Waals surface area contributed by atoms with Crippen molar-refractivity contribution in [1.82, 2.24) is 0 Å². The number of benzene rings is 2. The van der Waals surface area contributed by atoms with E-state index in [-0.39, 0.29) is 0 Å². The van der Waals surface area contributed by atoms with E-state index in [0.29, 0.717) is 29.8 Å². The van der Waals surface area contributed by atoms with Gasteiger partial charge < -0.3 is 9.80 Å². The molecule has 0 atom stereocenters. The molecule has 2 aromatic rings. The molecule has 1 fully saturated rings. The Kier molecular flexibility index (Phi) is 7.39. The molecule has 0 radical (unpaired) electrons. The molecule has 1 saturated heterocycles. The van der Waals surface area contributed by atoms with E-state index in [1.54, 1.807) is 0 Å². The lowest BCUT2D eigenvalue weighted by Crippen LogP contribution is -2.40. The van der Waals surface area contributed by atoms with Crippen LogP contribution in [0.3, 0.4) is 0 Å². The van der Waals surface area contributed by atoms with Crippen molar-refractivity contribution < 1.29 is 0 Å². The smallest absolute Gasteiger partial charge is 0.101 e. The van der Waals surface area contributed by atoms with Crippen LogP contribution in [0.15, 0.2) is 36.4 Å². The van der Waals surface area contributed by atoms with E-state index in [1.165, 1.54) is 33.6 Å². The Balaban J connectivity index is 2.15. The Labute approximate surface area is 191 Å². The van der Waals surface area contributed by atoms with Gasteiger partial charge in [0.25, 0.3) is 0 Å². The molecule has 31 heavy (non-hydrogen) atoms. The van der Waals surface area contributed by atoms with E-state index in [2.05, 4.69) is 109 Å². The van der Waals surface area contributed by atoms with Crippen molar-refractivity contribution in [2.45, 2.75) is 98.6 Å². The van der Waals surface area contributed by atoms with E-state index in [0.717, 1.165) is 19.5 Å². The maximum absolute atomic E-state index is 2.73. The minimum Gasteiger partial charge on any atom is -0.349 e. The van der Waals surface area contributed by atoms with Gasteiger partial charge in [0.2, 0.25) is 0 Å². The third-order valence-corrected chi connectivity index (χ3v) is 6.93. The Morgan fingerprint density at radius 1 is 0.613 bits per heavy atom. The molecule has 1 aliphatic heterocycles. The lowest BCUT2D eigenvalue weighted by atomic mass is 9.91. The lowest BCUT2D eigenvalue weighted by Gasteiger charge is -2.38. The number of para-hydroxylation sites is 2. The summed E-state index contributed by atoms with van der Waals surface area (Å²) in [5.41, 5.74) is 8.96. The minimum absolute atomic E-state index is 0.398. The quantitative estimate of drug-likeness (QED) is 0.445. The van der Waals surface area contributed by atoms with Gasteiger partial charge in [0.1, 0.15) is 6.17 Å². The molecule has 3 rings (SSSR count). The summed E-state index contributed by atoms with van der Waals surface area (Å²) in [5.74, 6) is 2.09. The van der Waals surface area contributed by atoms with Crippen molar-refractivity contribution >= 4 is 11.4 Å². The topological polar surface area (TPSA) is 6.48 Å². The van der Waals surface area contributed by atoms with E-state index in [9.17, 15) is 0 Å². The average molecular weight is 421 g/mol. The van der Waals surface area contributed by atoms with Crippen LogP contribution in [0.4, 0.5) is 11.4 Å².